The number of aryl methyl sites for hydroxylation is 3. The highest BCUT2D eigenvalue weighted by Gasteiger charge is 2.21. The Kier molecular flexibility index (Phi) is 7.72. The van der Waals surface area contributed by atoms with Crippen molar-refractivity contribution in [1.29, 1.82) is 0 Å². The number of benzene rings is 3. The van der Waals surface area contributed by atoms with Crippen LogP contribution in [0.25, 0.3) is 11.1 Å². The zero-order chi connectivity index (χ0) is 24.2. The van der Waals surface area contributed by atoms with Gasteiger partial charge in [0.25, 0.3) is 5.91 Å². The Labute approximate surface area is 197 Å². The van der Waals surface area contributed by atoms with Crippen molar-refractivity contribution in [3.8, 4) is 11.1 Å². The van der Waals surface area contributed by atoms with E-state index in [4.69, 9.17) is 5.21 Å². The van der Waals surface area contributed by atoms with E-state index < -0.39 is 5.91 Å². The third kappa shape index (κ3) is 6.31. The molecule has 0 fully saturated rings. The fourth-order valence-electron chi connectivity index (χ4n) is 4.16. The van der Waals surface area contributed by atoms with Crippen molar-refractivity contribution in [3.63, 3.8) is 0 Å². The molecule has 1 atom stereocenters. The van der Waals surface area contributed by atoms with Crippen LogP contribution in [0, 0.1) is 19.3 Å². The lowest BCUT2D eigenvalue weighted by Gasteiger charge is -2.26. The molecule has 3 rings (SSSR count). The normalized spacial score (nSPS) is 12.5. The molecule has 0 radical (unpaired) electrons. The van der Waals surface area contributed by atoms with E-state index in [1.54, 1.807) is 17.6 Å². The van der Waals surface area contributed by atoms with E-state index in [2.05, 4.69) is 71.0 Å². The van der Waals surface area contributed by atoms with Crippen molar-refractivity contribution in [2.75, 3.05) is 0 Å². The summed E-state index contributed by atoms with van der Waals surface area (Å²) in [5.41, 5.74) is 10.2. The van der Waals surface area contributed by atoms with E-state index >= 15 is 0 Å². The van der Waals surface area contributed by atoms with E-state index in [0.717, 1.165) is 36.0 Å². The maximum absolute atomic E-state index is 11.7. The third-order valence-electron chi connectivity index (χ3n) is 6.33. The van der Waals surface area contributed by atoms with Gasteiger partial charge in [-0.2, -0.15) is 0 Å². The van der Waals surface area contributed by atoms with Crippen LogP contribution in [0.15, 0.2) is 60.7 Å². The first kappa shape index (κ1) is 24.7. The summed E-state index contributed by atoms with van der Waals surface area (Å²) in [6.45, 7) is 10.4. The molecular formula is C29H35NO3. The minimum Gasteiger partial charge on any atom is -0.393 e. The summed E-state index contributed by atoms with van der Waals surface area (Å²) in [5, 5.41) is 19.2. The zero-order valence-electron chi connectivity index (χ0n) is 20.3. The predicted octanol–water partition coefficient (Wildman–Crippen LogP) is 6.02. The number of hydrogen-bond donors (Lipinski definition) is 3. The summed E-state index contributed by atoms with van der Waals surface area (Å²) >= 11 is 0. The lowest BCUT2D eigenvalue weighted by molar-refractivity contribution is 0.0560. The summed E-state index contributed by atoms with van der Waals surface area (Å²) in [6.07, 6.45) is 2.19. The van der Waals surface area contributed by atoms with E-state index in [1.165, 1.54) is 22.3 Å². The number of nitrogens with one attached hydrogen (secondary N) is 1. The Morgan fingerprint density at radius 3 is 2.21 bits per heavy atom. The molecule has 0 spiro atoms. The largest absolute Gasteiger partial charge is 0.393 e. The molecule has 0 heterocycles. The Hall–Kier alpha value is -2.95. The number of amides is 1. The Balaban J connectivity index is 1.72. The van der Waals surface area contributed by atoms with Gasteiger partial charge in [-0.15, -0.1) is 0 Å². The molecule has 0 saturated heterocycles. The van der Waals surface area contributed by atoms with Crippen LogP contribution in [-0.4, -0.2) is 22.3 Å². The van der Waals surface area contributed by atoms with E-state index in [0.29, 0.717) is 5.56 Å². The molecule has 0 aliphatic carbocycles. The minimum absolute atomic E-state index is 0.0928. The van der Waals surface area contributed by atoms with Gasteiger partial charge in [0.2, 0.25) is 0 Å². The van der Waals surface area contributed by atoms with Crippen molar-refractivity contribution in [3.05, 3.63) is 94.0 Å². The zero-order valence-corrected chi connectivity index (χ0v) is 20.3. The average molecular weight is 446 g/mol. The number of rotatable bonds is 7. The molecule has 0 aromatic heterocycles. The lowest BCUT2D eigenvalue weighted by Crippen LogP contribution is -2.26. The maximum Gasteiger partial charge on any atom is 0.274 e. The number of aliphatic hydroxyl groups is 1. The molecule has 174 valence electrons. The summed E-state index contributed by atoms with van der Waals surface area (Å²) < 4.78 is 0. The van der Waals surface area contributed by atoms with Gasteiger partial charge in [0.1, 0.15) is 0 Å². The lowest BCUT2D eigenvalue weighted by atomic mass is 9.85. The van der Waals surface area contributed by atoms with Gasteiger partial charge in [0, 0.05) is 5.56 Å². The van der Waals surface area contributed by atoms with Crippen LogP contribution in [0.4, 0.5) is 0 Å². The van der Waals surface area contributed by atoms with Crippen molar-refractivity contribution < 1.29 is 15.1 Å². The Bertz CT molecular complexity index is 1130. The number of aliphatic hydroxyl groups excluding tert-OH is 1. The highest BCUT2D eigenvalue weighted by atomic mass is 16.5. The Morgan fingerprint density at radius 2 is 1.61 bits per heavy atom. The van der Waals surface area contributed by atoms with Crippen LogP contribution >= 0.6 is 0 Å². The second-order valence-electron chi connectivity index (χ2n) is 10.0. The van der Waals surface area contributed by atoms with Crippen molar-refractivity contribution in [2.45, 2.75) is 60.0 Å². The van der Waals surface area contributed by atoms with E-state index in [1.807, 2.05) is 12.1 Å². The smallest absolute Gasteiger partial charge is 0.274 e. The molecular weight excluding hydrogens is 410 g/mol. The van der Waals surface area contributed by atoms with Gasteiger partial charge in [-0.1, -0.05) is 69.3 Å². The topological polar surface area (TPSA) is 69.6 Å². The number of hydrogen-bond acceptors (Lipinski definition) is 3. The molecule has 1 unspecified atom stereocenters. The highest BCUT2D eigenvalue weighted by molar-refractivity contribution is 5.94. The summed E-state index contributed by atoms with van der Waals surface area (Å²) in [6, 6.07) is 20.3. The van der Waals surface area contributed by atoms with Gasteiger partial charge in [-0.25, -0.2) is 5.48 Å². The minimum atomic E-state index is -0.516. The van der Waals surface area contributed by atoms with E-state index in [-0.39, 0.29) is 11.5 Å². The van der Waals surface area contributed by atoms with Crippen LogP contribution < -0.4 is 5.48 Å². The fraction of sp³-hybridized carbons (Fsp3) is 0.345. The molecule has 0 aliphatic rings. The van der Waals surface area contributed by atoms with Crippen LogP contribution in [0.3, 0.4) is 0 Å². The number of carbonyl (C=O) groups is 1. The Morgan fingerprint density at radius 1 is 0.939 bits per heavy atom. The molecule has 4 heteroatoms. The van der Waals surface area contributed by atoms with Crippen LogP contribution in [-0.2, 0) is 12.8 Å². The molecule has 0 aliphatic heterocycles. The number of hydroxylamine groups is 1. The quantitative estimate of drug-likeness (QED) is 0.308. The SMILES string of the molecule is Cc1cc(Cc2ccc(-c3cccc(C(=O)NO)c3)c(C)c2)ccc1CCC(O)C(C)(C)C. The number of carbonyl (C=O) groups excluding carboxylic acids is 1. The molecule has 0 saturated carbocycles. The highest BCUT2D eigenvalue weighted by Crippen LogP contribution is 2.27. The molecule has 3 aromatic carbocycles. The summed E-state index contributed by atoms with van der Waals surface area (Å²) in [4.78, 5) is 11.7. The van der Waals surface area contributed by atoms with Crippen molar-refractivity contribution >= 4 is 5.91 Å². The van der Waals surface area contributed by atoms with Gasteiger partial charge in [-0.05, 0) is 89.6 Å². The molecule has 4 nitrogen and oxygen atoms in total. The fourth-order valence-corrected chi connectivity index (χ4v) is 4.16. The van der Waals surface area contributed by atoms with Crippen LogP contribution in [0.2, 0.25) is 0 Å². The van der Waals surface area contributed by atoms with Gasteiger partial charge in [0.15, 0.2) is 0 Å². The first-order valence-corrected chi connectivity index (χ1v) is 11.5. The van der Waals surface area contributed by atoms with Crippen LogP contribution in [0.1, 0.15) is 65.4 Å². The first-order valence-electron chi connectivity index (χ1n) is 11.5. The van der Waals surface area contributed by atoms with Crippen molar-refractivity contribution in [2.24, 2.45) is 5.41 Å². The monoisotopic (exact) mass is 445 g/mol. The van der Waals surface area contributed by atoms with Gasteiger partial charge >= 0.3 is 0 Å². The average Bonchev–Trinajstić information content (AvgIpc) is 2.77. The molecule has 3 aromatic rings. The van der Waals surface area contributed by atoms with Gasteiger partial charge in [0.05, 0.1) is 6.10 Å². The van der Waals surface area contributed by atoms with Gasteiger partial charge in [-0.3, -0.25) is 10.0 Å². The molecule has 0 bridgehead atoms. The second kappa shape index (κ2) is 10.3. The van der Waals surface area contributed by atoms with Gasteiger partial charge < -0.3 is 5.11 Å². The molecule has 1 amide bonds. The second-order valence-corrected chi connectivity index (χ2v) is 10.0. The third-order valence-corrected chi connectivity index (χ3v) is 6.33. The van der Waals surface area contributed by atoms with Crippen molar-refractivity contribution in [1.82, 2.24) is 5.48 Å². The first-order chi connectivity index (χ1) is 15.6. The molecule has 3 N–H and O–H groups in total. The summed E-state index contributed by atoms with van der Waals surface area (Å²) in [5.74, 6) is -0.516. The van der Waals surface area contributed by atoms with E-state index in [9.17, 15) is 9.90 Å². The predicted molar refractivity (Wildman–Crippen MR) is 134 cm³/mol. The standard InChI is InChI=1S/C29H35NO3/c1-19-15-21(9-11-23(19)12-14-27(31)29(3,4)5)17-22-10-13-26(20(2)16-22)24-7-6-8-25(18-24)28(32)30-33/h6-11,13,15-16,18,27,31,33H,12,14,17H2,1-5H3,(H,30,32). The maximum atomic E-state index is 11.7. The van der Waals surface area contributed by atoms with Crippen LogP contribution in [0.5, 0.6) is 0 Å². The summed E-state index contributed by atoms with van der Waals surface area (Å²) in [7, 11) is 0. The molecule has 33 heavy (non-hydrogen) atoms.